The lowest BCUT2D eigenvalue weighted by molar-refractivity contribution is 0.155. The highest BCUT2D eigenvalue weighted by molar-refractivity contribution is 7.80. The highest BCUT2D eigenvalue weighted by atomic mass is 32.1. The van der Waals surface area contributed by atoms with Gasteiger partial charge in [0.15, 0.2) is 0 Å². The van der Waals surface area contributed by atoms with E-state index in [1.54, 1.807) is 0 Å². The third-order valence-corrected chi connectivity index (χ3v) is 5.28. The number of thiocarbonyl (C=S) groups is 1. The standard InChI is InChI=1S/C18H26N2S/c19-17(21)13-18(8-9-18)14-20-10-6-16(7-11-20)12-15-4-2-1-3-5-15/h1-5,16H,6-14H2,(H2,19,21). The van der Waals surface area contributed by atoms with E-state index in [0.717, 1.165) is 12.3 Å². The van der Waals surface area contributed by atoms with E-state index in [2.05, 4.69) is 35.2 Å². The Morgan fingerprint density at radius 3 is 2.43 bits per heavy atom. The van der Waals surface area contributed by atoms with Crippen LogP contribution in [0.2, 0.25) is 0 Å². The van der Waals surface area contributed by atoms with Gasteiger partial charge in [-0.3, -0.25) is 0 Å². The van der Waals surface area contributed by atoms with Crippen molar-refractivity contribution in [2.45, 2.75) is 38.5 Å². The topological polar surface area (TPSA) is 29.3 Å². The second kappa shape index (κ2) is 6.45. The molecular formula is C18H26N2S. The van der Waals surface area contributed by atoms with Gasteiger partial charge < -0.3 is 10.6 Å². The van der Waals surface area contributed by atoms with Crippen LogP contribution in [0.4, 0.5) is 0 Å². The zero-order valence-corrected chi connectivity index (χ0v) is 13.6. The molecule has 1 heterocycles. The minimum absolute atomic E-state index is 0.443. The Morgan fingerprint density at radius 2 is 1.86 bits per heavy atom. The molecule has 0 spiro atoms. The molecule has 1 aliphatic carbocycles. The van der Waals surface area contributed by atoms with Crippen LogP contribution >= 0.6 is 12.2 Å². The van der Waals surface area contributed by atoms with E-state index in [9.17, 15) is 0 Å². The summed E-state index contributed by atoms with van der Waals surface area (Å²) in [5.41, 5.74) is 7.68. The van der Waals surface area contributed by atoms with Crippen molar-refractivity contribution in [3.63, 3.8) is 0 Å². The van der Waals surface area contributed by atoms with Gasteiger partial charge >= 0.3 is 0 Å². The zero-order valence-electron chi connectivity index (χ0n) is 12.8. The van der Waals surface area contributed by atoms with Gasteiger partial charge in [-0.2, -0.15) is 0 Å². The van der Waals surface area contributed by atoms with E-state index in [4.69, 9.17) is 18.0 Å². The molecule has 1 aliphatic heterocycles. The summed E-state index contributed by atoms with van der Waals surface area (Å²) in [4.78, 5) is 3.35. The minimum atomic E-state index is 0.443. The van der Waals surface area contributed by atoms with Crippen molar-refractivity contribution in [3.8, 4) is 0 Å². The van der Waals surface area contributed by atoms with Gasteiger partial charge in [-0.25, -0.2) is 0 Å². The molecule has 1 aromatic carbocycles. The van der Waals surface area contributed by atoms with Gasteiger partial charge in [0.25, 0.3) is 0 Å². The van der Waals surface area contributed by atoms with Crippen LogP contribution in [0.25, 0.3) is 0 Å². The van der Waals surface area contributed by atoms with E-state index in [1.807, 2.05) is 0 Å². The molecule has 0 unspecified atom stereocenters. The van der Waals surface area contributed by atoms with Crippen LogP contribution in [-0.4, -0.2) is 29.5 Å². The third kappa shape index (κ3) is 4.27. The minimum Gasteiger partial charge on any atom is -0.393 e. The SMILES string of the molecule is NC(=S)CC1(CN2CCC(Cc3ccccc3)CC2)CC1. The molecular weight excluding hydrogens is 276 g/mol. The molecule has 114 valence electrons. The molecule has 1 aromatic rings. The zero-order chi connectivity index (χ0) is 14.7. The number of likely N-dealkylation sites (tertiary alicyclic amines) is 1. The summed E-state index contributed by atoms with van der Waals surface area (Å²) in [6.07, 6.45) is 7.48. The maximum atomic E-state index is 5.74. The van der Waals surface area contributed by atoms with Gasteiger partial charge in [0.1, 0.15) is 0 Å². The highest BCUT2D eigenvalue weighted by Crippen LogP contribution is 2.49. The van der Waals surface area contributed by atoms with Crippen molar-refractivity contribution in [2.75, 3.05) is 19.6 Å². The fraction of sp³-hybridized carbons (Fsp3) is 0.611. The first-order valence-electron chi connectivity index (χ1n) is 8.20. The van der Waals surface area contributed by atoms with Crippen molar-refractivity contribution in [3.05, 3.63) is 35.9 Å². The molecule has 3 rings (SSSR count). The van der Waals surface area contributed by atoms with Gasteiger partial charge in [-0.05, 0) is 62.1 Å². The maximum Gasteiger partial charge on any atom is 0.0733 e. The Morgan fingerprint density at radius 1 is 1.19 bits per heavy atom. The fourth-order valence-corrected chi connectivity index (χ4v) is 4.01. The molecule has 1 saturated carbocycles. The predicted molar refractivity (Wildman–Crippen MR) is 92.4 cm³/mol. The monoisotopic (exact) mass is 302 g/mol. The number of rotatable bonds is 6. The lowest BCUT2D eigenvalue weighted by atomic mass is 9.89. The van der Waals surface area contributed by atoms with Gasteiger partial charge in [-0.1, -0.05) is 42.5 Å². The van der Waals surface area contributed by atoms with Crippen LogP contribution in [-0.2, 0) is 6.42 Å². The molecule has 0 bridgehead atoms. The van der Waals surface area contributed by atoms with Crippen molar-refractivity contribution in [2.24, 2.45) is 17.1 Å². The number of hydrogen-bond donors (Lipinski definition) is 1. The van der Waals surface area contributed by atoms with Crippen LogP contribution in [0.15, 0.2) is 30.3 Å². The molecule has 2 fully saturated rings. The number of nitrogens with two attached hydrogens (primary N) is 1. The average Bonchev–Trinajstić information content (AvgIpc) is 3.21. The van der Waals surface area contributed by atoms with E-state index >= 15 is 0 Å². The molecule has 21 heavy (non-hydrogen) atoms. The molecule has 3 heteroatoms. The van der Waals surface area contributed by atoms with Crippen molar-refractivity contribution >= 4 is 17.2 Å². The summed E-state index contributed by atoms with van der Waals surface area (Å²) in [6.45, 7) is 3.70. The summed E-state index contributed by atoms with van der Waals surface area (Å²) in [5.74, 6) is 0.856. The normalized spacial score (nSPS) is 22.1. The summed E-state index contributed by atoms with van der Waals surface area (Å²) >= 11 is 5.10. The molecule has 1 saturated heterocycles. The summed E-state index contributed by atoms with van der Waals surface area (Å²) < 4.78 is 0. The van der Waals surface area contributed by atoms with Crippen LogP contribution in [0.3, 0.4) is 0 Å². The number of piperidine rings is 1. The quantitative estimate of drug-likeness (QED) is 0.817. The first-order valence-corrected chi connectivity index (χ1v) is 8.61. The number of nitrogens with zero attached hydrogens (tertiary/aromatic N) is 1. The Bertz CT molecular complexity index is 473. The van der Waals surface area contributed by atoms with Gasteiger partial charge in [0.2, 0.25) is 0 Å². The van der Waals surface area contributed by atoms with Crippen molar-refractivity contribution < 1.29 is 0 Å². The Kier molecular flexibility index (Phi) is 4.60. The predicted octanol–water partition coefficient (Wildman–Crippen LogP) is 3.40. The smallest absolute Gasteiger partial charge is 0.0733 e. The van der Waals surface area contributed by atoms with Crippen LogP contribution in [0.5, 0.6) is 0 Å². The summed E-state index contributed by atoms with van der Waals surface area (Å²) in [6, 6.07) is 10.9. The number of benzene rings is 1. The first-order chi connectivity index (χ1) is 10.2. The average molecular weight is 302 g/mol. The lowest BCUT2D eigenvalue weighted by Crippen LogP contribution is -2.39. The molecule has 0 aromatic heterocycles. The van der Waals surface area contributed by atoms with E-state index in [1.165, 1.54) is 57.3 Å². The highest BCUT2D eigenvalue weighted by Gasteiger charge is 2.44. The van der Waals surface area contributed by atoms with Gasteiger partial charge in [-0.15, -0.1) is 0 Å². The van der Waals surface area contributed by atoms with E-state index in [0.29, 0.717) is 10.4 Å². The first kappa shape index (κ1) is 15.0. The molecule has 0 radical (unpaired) electrons. The molecule has 2 aliphatic rings. The van der Waals surface area contributed by atoms with E-state index < -0.39 is 0 Å². The van der Waals surface area contributed by atoms with Crippen LogP contribution in [0.1, 0.15) is 37.7 Å². The summed E-state index contributed by atoms with van der Waals surface area (Å²) in [5, 5.41) is 0. The summed E-state index contributed by atoms with van der Waals surface area (Å²) in [7, 11) is 0. The number of hydrogen-bond acceptors (Lipinski definition) is 2. The van der Waals surface area contributed by atoms with Crippen molar-refractivity contribution in [1.29, 1.82) is 0 Å². The lowest BCUT2D eigenvalue weighted by Gasteiger charge is -2.34. The fourth-order valence-electron chi connectivity index (χ4n) is 3.71. The molecule has 2 nitrogen and oxygen atoms in total. The van der Waals surface area contributed by atoms with Crippen molar-refractivity contribution in [1.82, 2.24) is 4.90 Å². The Balaban J connectivity index is 1.44. The molecule has 2 N–H and O–H groups in total. The van der Waals surface area contributed by atoms with E-state index in [-0.39, 0.29) is 0 Å². The van der Waals surface area contributed by atoms with Gasteiger partial charge in [0, 0.05) is 13.0 Å². The molecule has 0 atom stereocenters. The second-order valence-corrected chi connectivity index (χ2v) is 7.58. The maximum absolute atomic E-state index is 5.74. The Hall–Kier alpha value is -0.930. The largest absolute Gasteiger partial charge is 0.393 e. The third-order valence-electron chi connectivity index (χ3n) is 5.14. The second-order valence-electron chi connectivity index (χ2n) is 7.05. The van der Waals surface area contributed by atoms with Gasteiger partial charge in [0.05, 0.1) is 4.99 Å². The molecule has 0 amide bonds. The Labute approximate surface area is 133 Å². The van der Waals surface area contributed by atoms with Crippen LogP contribution < -0.4 is 5.73 Å². The van der Waals surface area contributed by atoms with Crippen LogP contribution in [0, 0.1) is 11.3 Å².